The first-order valence-electron chi connectivity index (χ1n) is 11.2. The van der Waals surface area contributed by atoms with Crippen molar-refractivity contribution >= 4 is 36.7 Å². The van der Waals surface area contributed by atoms with Crippen LogP contribution in [0, 0.1) is 10.8 Å². The summed E-state index contributed by atoms with van der Waals surface area (Å²) in [5.41, 5.74) is 0.721. The summed E-state index contributed by atoms with van der Waals surface area (Å²) in [6.45, 7) is 9.56. The molecular weight excluding hydrogens is 467 g/mol. The largest absolute Gasteiger partial charge is 0.461 e. The van der Waals surface area contributed by atoms with Crippen LogP contribution in [0.1, 0.15) is 60.3 Å². The van der Waals surface area contributed by atoms with Gasteiger partial charge in [-0.15, -0.1) is 0 Å². The van der Waals surface area contributed by atoms with Crippen molar-refractivity contribution in [2.45, 2.75) is 60.3 Å². The van der Waals surface area contributed by atoms with Gasteiger partial charge in [-0.25, -0.2) is 9.10 Å². The van der Waals surface area contributed by atoms with E-state index in [4.69, 9.17) is 30.3 Å². The van der Waals surface area contributed by atoms with Crippen LogP contribution < -0.4 is 0 Å². The predicted octanol–water partition coefficient (Wildman–Crippen LogP) is 6.52. The molecule has 2 heterocycles. The highest BCUT2D eigenvalue weighted by molar-refractivity contribution is 8.15. The van der Waals surface area contributed by atoms with E-state index in [1.165, 1.54) is 16.4 Å². The van der Waals surface area contributed by atoms with Crippen molar-refractivity contribution in [2.75, 3.05) is 26.8 Å². The van der Waals surface area contributed by atoms with E-state index in [1.807, 2.05) is 30.1 Å². The fraction of sp³-hybridized carbons (Fsp3) is 0.682. The molecule has 2 aliphatic heterocycles. The molecule has 0 aromatic rings. The average Bonchev–Trinajstić information content (AvgIpc) is 3.03. The van der Waals surface area contributed by atoms with Crippen LogP contribution in [0.5, 0.6) is 0 Å². The Hall–Kier alpha value is -0.830. The molecule has 1 fully saturated rings. The summed E-state index contributed by atoms with van der Waals surface area (Å²) in [6.07, 6.45) is 8.54. The van der Waals surface area contributed by atoms with Crippen molar-refractivity contribution < 1.29 is 23.3 Å². The lowest BCUT2D eigenvalue weighted by Crippen LogP contribution is -2.38. The standard InChI is InChI=1S/C22H35N2O5PS2/c1-7-12-24(30(31)27-15-22(8-2,9-3)16-28-30)32-23(6)20(25)29-19-18-17(11-10-13-26-18)14-21(19,4)5/h10-11,13H,7-9,12,14-16H2,1-6H3. The maximum Gasteiger partial charge on any atom is 0.425 e. The highest BCUT2D eigenvalue weighted by Gasteiger charge is 2.44. The fourth-order valence-electron chi connectivity index (χ4n) is 3.83. The van der Waals surface area contributed by atoms with E-state index in [1.54, 1.807) is 13.3 Å². The Morgan fingerprint density at radius 3 is 2.50 bits per heavy atom. The maximum absolute atomic E-state index is 13.0. The van der Waals surface area contributed by atoms with Gasteiger partial charge in [0.15, 0.2) is 11.5 Å². The second kappa shape index (κ2) is 10.2. The predicted molar refractivity (Wildman–Crippen MR) is 132 cm³/mol. The van der Waals surface area contributed by atoms with Crippen LogP contribution in [0.15, 0.2) is 35.5 Å². The number of allylic oxidation sites excluding steroid dienone is 4. The summed E-state index contributed by atoms with van der Waals surface area (Å²) in [5.74, 6) is 1.19. The second-order valence-corrected chi connectivity index (χ2v) is 13.8. The van der Waals surface area contributed by atoms with Crippen LogP contribution in [0.2, 0.25) is 0 Å². The zero-order valence-electron chi connectivity index (χ0n) is 19.9. The molecule has 7 nitrogen and oxygen atoms in total. The van der Waals surface area contributed by atoms with Crippen molar-refractivity contribution in [3.63, 3.8) is 0 Å². The molecule has 0 N–H and O–H groups in total. The molecule has 0 atom stereocenters. The Morgan fingerprint density at radius 2 is 1.91 bits per heavy atom. The Bertz CT molecular complexity index is 852. The number of hydrogen-bond acceptors (Lipinski definition) is 7. The molecule has 1 aliphatic carbocycles. The van der Waals surface area contributed by atoms with Gasteiger partial charge in [0.05, 0.1) is 31.6 Å². The molecule has 3 aliphatic rings. The van der Waals surface area contributed by atoms with Gasteiger partial charge in [0.2, 0.25) is 0 Å². The molecule has 180 valence electrons. The first-order chi connectivity index (χ1) is 15.1. The van der Waals surface area contributed by atoms with E-state index in [-0.39, 0.29) is 10.8 Å². The first kappa shape index (κ1) is 25.8. The van der Waals surface area contributed by atoms with E-state index < -0.39 is 12.7 Å². The number of nitrogens with zero attached hydrogens (tertiary/aromatic N) is 2. The van der Waals surface area contributed by atoms with Gasteiger partial charge in [-0.3, -0.25) is 0 Å². The molecule has 0 aromatic carbocycles. The lowest BCUT2D eigenvalue weighted by molar-refractivity contribution is 0.0189. The molecule has 1 saturated heterocycles. The van der Waals surface area contributed by atoms with E-state index in [2.05, 4.69) is 20.8 Å². The van der Waals surface area contributed by atoms with Crippen molar-refractivity contribution in [1.82, 2.24) is 8.38 Å². The summed E-state index contributed by atoms with van der Waals surface area (Å²) >= 11 is 7.05. The molecule has 0 spiro atoms. The van der Waals surface area contributed by atoms with Gasteiger partial charge < -0.3 is 18.5 Å². The third-order valence-electron chi connectivity index (χ3n) is 6.23. The van der Waals surface area contributed by atoms with E-state index in [0.29, 0.717) is 31.3 Å². The van der Waals surface area contributed by atoms with E-state index in [0.717, 1.165) is 31.3 Å². The summed E-state index contributed by atoms with van der Waals surface area (Å²) in [6, 6.07) is 0. The molecule has 0 unspecified atom stereocenters. The minimum absolute atomic E-state index is 0.0112. The van der Waals surface area contributed by atoms with Gasteiger partial charge in [0.1, 0.15) is 0 Å². The van der Waals surface area contributed by atoms with E-state index in [9.17, 15) is 4.79 Å². The van der Waals surface area contributed by atoms with Gasteiger partial charge in [0.25, 0.3) is 6.64 Å². The molecule has 0 bridgehead atoms. The SMILES string of the molecule is CCCN(SN(C)C(=O)OC1=C2OC=CC=C2CC1(C)C)P1(=S)OCC(CC)(CC)CO1. The van der Waals surface area contributed by atoms with Gasteiger partial charge in [-0.2, -0.15) is 4.08 Å². The molecular formula is C22H35N2O5PS2. The number of hydrogen-bond donors (Lipinski definition) is 0. The normalized spacial score (nSPS) is 22.9. The zero-order valence-corrected chi connectivity index (χ0v) is 22.4. The molecule has 0 saturated carbocycles. The van der Waals surface area contributed by atoms with Crippen LogP contribution in [0.3, 0.4) is 0 Å². The Labute approximate surface area is 201 Å². The van der Waals surface area contributed by atoms with Crippen molar-refractivity contribution in [3.05, 3.63) is 35.5 Å². The molecule has 1 amide bonds. The van der Waals surface area contributed by atoms with Crippen LogP contribution in [0.25, 0.3) is 0 Å². The third-order valence-corrected chi connectivity index (χ3v) is 11.0. The summed E-state index contributed by atoms with van der Waals surface area (Å²) in [4.78, 5) is 13.0. The molecule has 3 rings (SSSR count). The maximum atomic E-state index is 13.0. The van der Waals surface area contributed by atoms with Crippen LogP contribution >= 0.6 is 18.8 Å². The van der Waals surface area contributed by atoms with Gasteiger partial charge in [-0.1, -0.05) is 40.7 Å². The minimum Gasteiger partial charge on any atom is -0.461 e. The summed E-state index contributed by atoms with van der Waals surface area (Å²) < 4.78 is 27.2. The number of amides is 1. The van der Waals surface area contributed by atoms with Crippen LogP contribution in [-0.2, 0) is 30.3 Å². The number of carbonyl (C=O) groups is 1. The molecule has 0 radical (unpaired) electrons. The van der Waals surface area contributed by atoms with Crippen molar-refractivity contribution in [1.29, 1.82) is 0 Å². The van der Waals surface area contributed by atoms with Crippen molar-refractivity contribution in [2.24, 2.45) is 10.8 Å². The van der Waals surface area contributed by atoms with Gasteiger partial charge in [-0.05, 0) is 49.1 Å². The highest BCUT2D eigenvalue weighted by Crippen LogP contribution is 2.61. The first-order valence-corrected chi connectivity index (χ1v) is 14.5. The number of fused-ring (bicyclic) bond motifs is 1. The quantitative estimate of drug-likeness (QED) is 0.275. The highest BCUT2D eigenvalue weighted by atomic mass is 32.5. The number of ether oxygens (including phenoxy) is 2. The Balaban J connectivity index is 1.69. The van der Waals surface area contributed by atoms with Crippen LogP contribution in [-0.4, -0.2) is 41.3 Å². The summed E-state index contributed by atoms with van der Waals surface area (Å²) in [7, 11) is 1.68. The minimum atomic E-state index is -2.70. The lowest BCUT2D eigenvalue weighted by atomic mass is 9.84. The summed E-state index contributed by atoms with van der Waals surface area (Å²) in [5, 5.41) is 0. The number of rotatable bonds is 8. The second-order valence-electron chi connectivity index (χ2n) is 9.10. The van der Waals surface area contributed by atoms with Crippen LogP contribution in [0.4, 0.5) is 4.79 Å². The lowest BCUT2D eigenvalue weighted by Gasteiger charge is -2.43. The molecule has 10 heteroatoms. The number of carbonyl (C=O) groups excluding carboxylic acids is 1. The molecule has 32 heavy (non-hydrogen) atoms. The zero-order chi connectivity index (χ0) is 23.6. The monoisotopic (exact) mass is 502 g/mol. The van der Waals surface area contributed by atoms with Gasteiger partial charge >= 0.3 is 6.09 Å². The smallest absolute Gasteiger partial charge is 0.425 e. The third kappa shape index (κ3) is 5.29. The molecule has 0 aromatic heterocycles. The fourth-order valence-corrected chi connectivity index (χ4v) is 7.93. The topological polar surface area (TPSA) is 60.5 Å². The Kier molecular flexibility index (Phi) is 8.22. The van der Waals surface area contributed by atoms with Gasteiger partial charge in [0, 0.05) is 24.4 Å². The van der Waals surface area contributed by atoms with Crippen molar-refractivity contribution in [3.8, 4) is 0 Å². The van der Waals surface area contributed by atoms with E-state index >= 15 is 0 Å². The average molecular weight is 503 g/mol. The Morgan fingerprint density at radius 1 is 1.25 bits per heavy atom.